The normalized spacial score (nSPS) is 11.6. The number of alkyl halides is 3. The molecule has 1 aromatic heterocycles. The van der Waals surface area contributed by atoms with Gasteiger partial charge in [-0.3, -0.25) is 4.79 Å². The lowest BCUT2D eigenvalue weighted by atomic mass is 10.3. The molecular formula is C9H12F3N3O2S. The minimum absolute atomic E-state index is 0.252. The number of hydrogen-bond acceptors (Lipinski definition) is 5. The van der Waals surface area contributed by atoms with E-state index in [2.05, 4.69) is 4.98 Å². The second kappa shape index (κ2) is 6.01. The average Bonchev–Trinajstić information content (AvgIpc) is 2.61. The van der Waals surface area contributed by atoms with Crippen LogP contribution >= 0.6 is 11.3 Å². The van der Waals surface area contributed by atoms with Gasteiger partial charge < -0.3 is 15.7 Å². The van der Waals surface area contributed by atoms with Crippen LogP contribution in [0.3, 0.4) is 0 Å². The summed E-state index contributed by atoms with van der Waals surface area (Å²) in [7, 11) is 0. The summed E-state index contributed by atoms with van der Waals surface area (Å²) >= 11 is 1.11. The number of nitrogen functional groups attached to an aromatic ring is 1. The van der Waals surface area contributed by atoms with Crippen molar-refractivity contribution in [3.8, 4) is 0 Å². The first-order chi connectivity index (χ1) is 8.31. The van der Waals surface area contributed by atoms with Crippen LogP contribution in [0.2, 0.25) is 0 Å². The summed E-state index contributed by atoms with van der Waals surface area (Å²) < 4.78 is 36.7. The molecule has 0 radical (unpaired) electrons. The first-order valence-electron chi connectivity index (χ1n) is 4.97. The number of nitrogens with two attached hydrogens (primary N) is 1. The summed E-state index contributed by atoms with van der Waals surface area (Å²) in [6.07, 6.45) is -4.75. The van der Waals surface area contributed by atoms with Gasteiger partial charge in [0.2, 0.25) is 5.91 Å². The number of rotatable bonds is 5. The Morgan fingerprint density at radius 3 is 2.67 bits per heavy atom. The molecule has 0 unspecified atom stereocenters. The second-order valence-electron chi connectivity index (χ2n) is 3.51. The van der Waals surface area contributed by atoms with E-state index in [-0.39, 0.29) is 18.1 Å². The molecule has 1 heterocycles. The largest absolute Gasteiger partial charge is 0.406 e. The summed E-state index contributed by atoms with van der Waals surface area (Å²) in [5, 5.41) is 10.4. The minimum Gasteiger partial charge on any atom is -0.395 e. The van der Waals surface area contributed by atoms with Crippen LogP contribution in [0, 0.1) is 0 Å². The van der Waals surface area contributed by atoms with E-state index < -0.39 is 25.2 Å². The van der Waals surface area contributed by atoms with Gasteiger partial charge in [0.25, 0.3) is 0 Å². The van der Waals surface area contributed by atoms with Crippen LogP contribution in [-0.4, -0.2) is 46.8 Å². The highest BCUT2D eigenvalue weighted by atomic mass is 32.1. The van der Waals surface area contributed by atoms with Crippen LogP contribution in [0.5, 0.6) is 0 Å². The van der Waals surface area contributed by atoms with E-state index >= 15 is 0 Å². The van der Waals surface area contributed by atoms with E-state index in [0.717, 1.165) is 11.3 Å². The van der Waals surface area contributed by atoms with Crippen molar-refractivity contribution in [2.24, 2.45) is 0 Å². The maximum absolute atomic E-state index is 12.2. The molecule has 102 valence electrons. The Kier molecular flexibility index (Phi) is 4.91. The van der Waals surface area contributed by atoms with E-state index in [0.29, 0.717) is 10.6 Å². The SMILES string of the molecule is Nc1nc(CC(=O)N(CCO)CC(F)(F)F)cs1. The van der Waals surface area contributed by atoms with Crippen molar-refractivity contribution in [1.82, 2.24) is 9.88 Å². The molecule has 1 aromatic rings. The van der Waals surface area contributed by atoms with Crippen molar-refractivity contribution in [3.63, 3.8) is 0 Å². The Morgan fingerprint density at radius 1 is 1.56 bits per heavy atom. The zero-order chi connectivity index (χ0) is 13.8. The Bertz CT molecular complexity index is 408. The van der Waals surface area contributed by atoms with Crippen LogP contribution in [-0.2, 0) is 11.2 Å². The zero-order valence-corrected chi connectivity index (χ0v) is 10.1. The second-order valence-corrected chi connectivity index (χ2v) is 4.40. The predicted octanol–water partition coefficient (Wildman–Crippen LogP) is 0.651. The third-order valence-corrected chi connectivity index (χ3v) is 2.72. The van der Waals surface area contributed by atoms with E-state index in [1.807, 2.05) is 0 Å². The first kappa shape index (κ1) is 14.7. The molecule has 0 aliphatic rings. The summed E-state index contributed by atoms with van der Waals surface area (Å²) in [5.41, 5.74) is 5.68. The Morgan fingerprint density at radius 2 is 2.22 bits per heavy atom. The molecule has 18 heavy (non-hydrogen) atoms. The molecule has 5 nitrogen and oxygen atoms in total. The van der Waals surface area contributed by atoms with E-state index in [1.165, 1.54) is 5.38 Å². The summed E-state index contributed by atoms with van der Waals surface area (Å²) in [6, 6.07) is 0. The number of amides is 1. The van der Waals surface area contributed by atoms with E-state index in [1.54, 1.807) is 0 Å². The monoisotopic (exact) mass is 283 g/mol. The van der Waals surface area contributed by atoms with Gasteiger partial charge in [0.05, 0.1) is 18.7 Å². The topological polar surface area (TPSA) is 79.5 Å². The number of nitrogens with zero attached hydrogens (tertiary/aromatic N) is 2. The number of hydrogen-bond donors (Lipinski definition) is 2. The smallest absolute Gasteiger partial charge is 0.395 e. The number of thiazole rings is 1. The molecule has 0 fully saturated rings. The lowest BCUT2D eigenvalue weighted by Gasteiger charge is -2.22. The standard InChI is InChI=1S/C9H12F3N3O2S/c10-9(11,12)5-15(1-2-16)7(17)3-6-4-18-8(13)14-6/h4,16H,1-3,5H2,(H2,13,14). The maximum Gasteiger partial charge on any atom is 0.406 e. The molecule has 0 saturated carbocycles. The quantitative estimate of drug-likeness (QED) is 0.831. The Hall–Kier alpha value is -1.35. The van der Waals surface area contributed by atoms with Crippen LogP contribution in [0.25, 0.3) is 0 Å². The first-order valence-corrected chi connectivity index (χ1v) is 5.85. The van der Waals surface area contributed by atoms with Crippen molar-refractivity contribution >= 4 is 22.4 Å². The third kappa shape index (κ3) is 4.88. The highest BCUT2D eigenvalue weighted by Crippen LogP contribution is 2.18. The van der Waals surface area contributed by atoms with Gasteiger partial charge >= 0.3 is 6.18 Å². The van der Waals surface area contributed by atoms with Gasteiger partial charge in [-0.05, 0) is 0 Å². The number of aliphatic hydroxyl groups is 1. The highest BCUT2D eigenvalue weighted by molar-refractivity contribution is 7.13. The van der Waals surface area contributed by atoms with Crippen LogP contribution in [0.4, 0.5) is 18.3 Å². The lowest BCUT2D eigenvalue weighted by molar-refractivity contribution is -0.161. The number of anilines is 1. The molecule has 0 atom stereocenters. The van der Waals surface area contributed by atoms with Crippen molar-refractivity contribution in [1.29, 1.82) is 0 Å². The number of halogens is 3. The molecule has 0 aliphatic heterocycles. The van der Waals surface area contributed by atoms with Gasteiger partial charge in [0.15, 0.2) is 5.13 Å². The molecule has 1 amide bonds. The van der Waals surface area contributed by atoms with Crippen LogP contribution in [0.1, 0.15) is 5.69 Å². The van der Waals surface area contributed by atoms with Gasteiger partial charge in [-0.1, -0.05) is 0 Å². The van der Waals surface area contributed by atoms with Crippen LogP contribution in [0.15, 0.2) is 5.38 Å². The van der Waals surface area contributed by atoms with Gasteiger partial charge in [-0.25, -0.2) is 4.98 Å². The van der Waals surface area contributed by atoms with Gasteiger partial charge in [0, 0.05) is 11.9 Å². The fourth-order valence-electron chi connectivity index (χ4n) is 1.30. The average molecular weight is 283 g/mol. The van der Waals surface area contributed by atoms with Gasteiger partial charge in [0.1, 0.15) is 6.54 Å². The minimum atomic E-state index is -4.49. The number of aromatic nitrogens is 1. The lowest BCUT2D eigenvalue weighted by Crippen LogP contribution is -2.41. The summed E-state index contributed by atoms with van der Waals surface area (Å²) in [4.78, 5) is 16.0. The molecule has 0 spiro atoms. The highest BCUT2D eigenvalue weighted by Gasteiger charge is 2.32. The molecule has 9 heteroatoms. The summed E-state index contributed by atoms with van der Waals surface area (Å²) in [6.45, 7) is -2.27. The molecular weight excluding hydrogens is 271 g/mol. The molecule has 0 bridgehead atoms. The summed E-state index contributed by atoms with van der Waals surface area (Å²) in [5.74, 6) is -0.744. The molecule has 0 aromatic carbocycles. The van der Waals surface area contributed by atoms with Crippen molar-refractivity contribution in [2.45, 2.75) is 12.6 Å². The van der Waals surface area contributed by atoms with Gasteiger partial charge in [-0.2, -0.15) is 13.2 Å². The molecule has 0 aliphatic carbocycles. The van der Waals surface area contributed by atoms with Crippen molar-refractivity contribution in [3.05, 3.63) is 11.1 Å². The van der Waals surface area contributed by atoms with E-state index in [4.69, 9.17) is 10.8 Å². The van der Waals surface area contributed by atoms with Crippen LogP contribution < -0.4 is 5.73 Å². The molecule has 0 saturated heterocycles. The number of carbonyl (C=O) groups is 1. The number of carbonyl (C=O) groups excluding carboxylic acids is 1. The Labute approximate surface area is 105 Å². The predicted molar refractivity (Wildman–Crippen MR) is 60.0 cm³/mol. The fourth-order valence-corrected chi connectivity index (χ4v) is 1.86. The molecule has 1 rings (SSSR count). The fraction of sp³-hybridized carbons (Fsp3) is 0.556. The number of aliphatic hydroxyl groups excluding tert-OH is 1. The van der Waals surface area contributed by atoms with Crippen molar-refractivity contribution in [2.75, 3.05) is 25.4 Å². The van der Waals surface area contributed by atoms with Gasteiger partial charge in [-0.15, -0.1) is 11.3 Å². The third-order valence-electron chi connectivity index (χ3n) is 1.99. The zero-order valence-electron chi connectivity index (χ0n) is 9.28. The molecule has 3 N–H and O–H groups in total. The van der Waals surface area contributed by atoms with Crippen molar-refractivity contribution < 1.29 is 23.1 Å². The Balaban J connectivity index is 2.64. The maximum atomic E-state index is 12.2. The van der Waals surface area contributed by atoms with E-state index in [9.17, 15) is 18.0 Å².